The van der Waals surface area contributed by atoms with Crippen LogP contribution in [0.1, 0.15) is 32.8 Å². The first kappa shape index (κ1) is 19.8. The highest BCUT2D eigenvalue weighted by atomic mass is 35.5. The molecule has 0 spiro atoms. The van der Waals surface area contributed by atoms with Crippen molar-refractivity contribution in [3.8, 4) is 0 Å². The van der Waals surface area contributed by atoms with Gasteiger partial charge in [-0.05, 0) is 69.2 Å². The summed E-state index contributed by atoms with van der Waals surface area (Å²) >= 11 is 5.84. The number of aryl methyl sites for hydroxylation is 1. The van der Waals surface area contributed by atoms with Gasteiger partial charge in [-0.3, -0.25) is 10.1 Å². The van der Waals surface area contributed by atoms with Crippen LogP contribution in [0, 0.1) is 0 Å². The minimum Gasteiger partial charge on any atom is -0.444 e. The van der Waals surface area contributed by atoms with Gasteiger partial charge in [-0.25, -0.2) is 4.79 Å². The maximum atomic E-state index is 12.0. The highest BCUT2D eigenvalue weighted by Gasteiger charge is 2.16. The van der Waals surface area contributed by atoms with Gasteiger partial charge >= 0.3 is 6.09 Å². The van der Waals surface area contributed by atoms with Crippen LogP contribution in [-0.2, 0) is 16.0 Å². The standard InChI is InChI=1S/C20H23ClN2O3/c1-20(2,3)26-19(25)23-17-11-9-16(10-12-17)22-18(24)13-6-14-4-7-15(21)8-5-14/h4-5,7-12H,6,13H2,1-3H3,(H,22,24)(H,23,25). The van der Waals surface area contributed by atoms with E-state index in [0.717, 1.165) is 5.56 Å². The van der Waals surface area contributed by atoms with E-state index in [9.17, 15) is 9.59 Å². The number of rotatable bonds is 5. The highest BCUT2D eigenvalue weighted by molar-refractivity contribution is 6.30. The van der Waals surface area contributed by atoms with Gasteiger partial charge in [0, 0.05) is 22.8 Å². The van der Waals surface area contributed by atoms with Crippen LogP contribution in [0.2, 0.25) is 5.02 Å². The van der Waals surface area contributed by atoms with Crippen LogP contribution in [-0.4, -0.2) is 17.6 Å². The van der Waals surface area contributed by atoms with Crippen LogP contribution < -0.4 is 10.6 Å². The first-order chi connectivity index (χ1) is 12.2. The molecule has 2 aromatic carbocycles. The molecule has 0 heterocycles. The molecule has 2 aromatic rings. The van der Waals surface area contributed by atoms with Crippen molar-refractivity contribution in [3.05, 3.63) is 59.1 Å². The molecule has 0 radical (unpaired) electrons. The molecule has 0 bridgehead atoms. The van der Waals surface area contributed by atoms with Crippen molar-refractivity contribution in [1.29, 1.82) is 0 Å². The zero-order valence-electron chi connectivity index (χ0n) is 15.1. The van der Waals surface area contributed by atoms with Gasteiger partial charge in [0.1, 0.15) is 5.60 Å². The Labute approximate surface area is 158 Å². The molecular formula is C20H23ClN2O3. The Bertz CT molecular complexity index is 750. The van der Waals surface area contributed by atoms with Gasteiger partial charge in [0.15, 0.2) is 0 Å². The van der Waals surface area contributed by atoms with Crippen LogP contribution >= 0.6 is 11.6 Å². The molecule has 0 saturated heterocycles. The van der Waals surface area contributed by atoms with E-state index in [0.29, 0.717) is 29.2 Å². The zero-order chi connectivity index (χ0) is 19.2. The molecule has 26 heavy (non-hydrogen) atoms. The van der Waals surface area contributed by atoms with E-state index < -0.39 is 11.7 Å². The number of carbonyl (C=O) groups excluding carboxylic acids is 2. The molecule has 0 unspecified atom stereocenters. The molecule has 0 aliphatic heterocycles. The highest BCUT2D eigenvalue weighted by Crippen LogP contribution is 2.16. The Morgan fingerprint density at radius 1 is 0.923 bits per heavy atom. The number of halogens is 1. The van der Waals surface area contributed by atoms with E-state index in [1.807, 2.05) is 24.3 Å². The summed E-state index contributed by atoms with van der Waals surface area (Å²) in [7, 11) is 0. The summed E-state index contributed by atoms with van der Waals surface area (Å²) in [6.45, 7) is 5.40. The number of amides is 2. The third-order valence-electron chi connectivity index (χ3n) is 3.37. The smallest absolute Gasteiger partial charge is 0.412 e. The maximum absolute atomic E-state index is 12.0. The van der Waals surface area contributed by atoms with Crippen molar-refractivity contribution in [2.24, 2.45) is 0 Å². The molecule has 2 amide bonds. The number of benzene rings is 2. The number of hydrogen-bond donors (Lipinski definition) is 2. The monoisotopic (exact) mass is 374 g/mol. The minimum atomic E-state index is -0.553. The molecule has 0 fully saturated rings. The Balaban J connectivity index is 1.81. The topological polar surface area (TPSA) is 67.4 Å². The van der Waals surface area contributed by atoms with Crippen molar-refractivity contribution >= 4 is 35.0 Å². The van der Waals surface area contributed by atoms with E-state index in [1.165, 1.54) is 0 Å². The second-order valence-electron chi connectivity index (χ2n) is 6.88. The summed E-state index contributed by atoms with van der Waals surface area (Å²) < 4.78 is 5.19. The maximum Gasteiger partial charge on any atom is 0.412 e. The summed E-state index contributed by atoms with van der Waals surface area (Å²) in [6, 6.07) is 14.3. The van der Waals surface area contributed by atoms with Crippen LogP contribution in [0.3, 0.4) is 0 Å². The van der Waals surface area contributed by atoms with Gasteiger partial charge in [0.25, 0.3) is 0 Å². The van der Waals surface area contributed by atoms with E-state index in [4.69, 9.17) is 16.3 Å². The Morgan fingerprint density at radius 2 is 1.46 bits per heavy atom. The molecule has 0 aliphatic rings. The quantitative estimate of drug-likeness (QED) is 0.750. The molecule has 0 aliphatic carbocycles. The lowest BCUT2D eigenvalue weighted by molar-refractivity contribution is -0.116. The van der Waals surface area contributed by atoms with E-state index in [1.54, 1.807) is 45.0 Å². The number of anilines is 2. The van der Waals surface area contributed by atoms with Crippen LogP contribution in [0.15, 0.2) is 48.5 Å². The lowest BCUT2D eigenvalue weighted by atomic mass is 10.1. The third-order valence-corrected chi connectivity index (χ3v) is 3.62. The summed E-state index contributed by atoms with van der Waals surface area (Å²) in [5.74, 6) is -0.0761. The van der Waals surface area contributed by atoms with Gasteiger partial charge < -0.3 is 10.1 Å². The number of nitrogens with one attached hydrogen (secondary N) is 2. The van der Waals surface area contributed by atoms with Crippen LogP contribution in [0.5, 0.6) is 0 Å². The average Bonchev–Trinajstić information content (AvgIpc) is 2.54. The van der Waals surface area contributed by atoms with E-state index >= 15 is 0 Å². The molecule has 2 N–H and O–H groups in total. The molecular weight excluding hydrogens is 352 g/mol. The lowest BCUT2D eigenvalue weighted by Crippen LogP contribution is -2.27. The van der Waals surface area contributed by atoms with Crippen molar-refractivity contribution in [3.63, 3.8) is 0 Å². The predicted octanol–water partition coefficient (Wildman–Crippen LogP) is 5.26. The van der Waals surface area contributed by atoms with Gasteiger partial charge in [-0.2, -0.15) is 0 Å². The SMILES string of the molecule is CC(C)(C)OC(=O)Nc1ccc(NC(=O)CCc2ccc(Cl)cc2)cc1. The molecule has 138 valence electrons. The molecule has 0 saturated carbocycles. The first-order valence-corrected chi connectivity index (χ1v) is 8.73. The molecule has 5 nitrogen and oxygen atoms in total. The second kappa shape index (κ2) is 8.72. The Morgan fingerprint density at radius 3 is 2.00 bits per heavy atom. The predicted molar refractivity (Wildman–Crippen MR) is 105 cm³/mol. The number of hydrogen-bond acceptors (Lipinski definition) is 3. The van der Waals surface area contributed by atoms with Gasteiger partial charge in [0.05, 0.1) is 0 Å². The zero-order valence-corrected chi connectivity index (χ0v) is 15.9. The molecule has 0 atom stereocenters. The lowest BCUT2D eigenvalue weighted by Gasteiger charge is -2.19. The Hall–Kier alpha value is -2.53. The summed E-state index contributed by atoms with van der Waals surface area (Å²) in [5.41, 5.74) is 1.77. The normalized spacial score (nSPS) is 10.9. The summed E-state index contributed by atoms with van der Waals surface area (Å²) in [4.78, 5) is 23.8. The van der Waals surface area contributed by atoms with Crippen molar-refractivity contribution in [2.75, 3.05) is 10.6 Å². The van der Waals surface area contributed by atoms with Gasteiger partial charge in [-0.1, -0.05) is 23.7 Å². The number of ether oxygens (including phenoxy) is 1. The van der Waals surface area contributed by atoms with Crippen molar-refractivity contribution in [1.82, 2.24) is 0 Å². The fourth-order valence-corrected chi connectivity index (χ4v) is 2.32. The van der Waals surface area contributed by atoms with Gasteiger partial charge in [-0.15, -0.1) is 0 Å². The van der Waals surface area contributed by atoms with Crippen LogP contribution in [0.25, 0.3) is 0 Å². The van der Waals surface area contributed by atoms with Gasteiger partial charge in [0.2, 0.25) is 5.91 Å². The summed E-state index contributed by atoms with van der Waals surface area (Å²) in [5, 5.41) is 6.16. The Kier molecular flexibility index (Phi) is 6.64. The summed E-state index contributed by atoms with van der Waals surface area (Å²) in [6.07, 6.45) is 0.498. The second-order valence-corrected chi connectivity index (χ2v) is 7.32. The minimum absolute atomic E-state index is 0.0761. The fourth-order valence-electron chi connectivity index (χ4n) is 2.19. The average molecular weight is 375 g/mol. The van der Waals surface area contributed by atoms with Crippen LogP contribution in [0.4, 0.5) is 16.2 Å². The van der Waals surface area contributed by atoms with Crippen molar-refractivity contribution < 1.29 is 14.3 Å². The first-order valence-electron chi connectivity index (χ1n) is 8.36. The molecule has 0 aromatic heterocycles. The fraction of sp³-hybridized carbons (Fsp3) is 0.300. The number of carbonyl (C=O) groups is 2. The van der Waals surface area contributed by atoms with E-state index in [2.05, 4.69) is 10.6 Å². The third kappa shape index (κ3) is 7.15. The molecule has 2 rings (SSSR count). The van der Waals surface area contributed by atoms with Crippen molar-refractivity contribution in [2.45, 2.75) is 39.2 Å². The van der Waals surface area contributed by atoms with E-state index in [-0.39, 0.29) is 5.91 Å². The largest absolute Gasteiger partial charge is 0.444 e. The molecule has 6 heteroatoms.